The van der Waals surface area contributed by atoms with Crippen molar-refractivity contribution in [3.05, 3.63) is 62.2 Å². The number of phenolic OH excluding ortho intramolecular Hbond substituents is 1. The van der Waals surface area contributed by atoms with Gasteiger partial charge >= 0.3 is 7.12 Å². The summed E-state index contributed by atoms with van der Waals surface area (Å²) in [6, 6.07) is 8.44. The maximum Gasteiger partial charge on any atom is 0.487 e. The summed E-state index contributed by atoms with van der Waals surface area (Å²) in [5.74, 6) is -1.50. The van der Waals surface area contributed by atoms with Crippen LogP contribution in [-0.2, 0) is 20.8 Å². The fourth-order valence-corrected chi connectivity index (χ4v) is 6.30. The first-order chi connectivity index (χ1) is 14.8. The number of nitrogens with zero attached hydrogens (tertiary/aromatic N) is 1. The fourth-order valence-electron chi connectivity index (χ4n) is 5.31. The number of carbonyl (C=O) groups excluding carboxylic acids is 2. The van der Waals surface area contributed by atoms with Crippen molar-refractivity contribution in [2.45, 2.75) is 32.4 Å². The minimum Gasteiger partial charge on any atom is -0.508 e. The van der Waals surface area contributed by atoms with Gasteiger partial charge in [0.25, 0.3) is 0 Å². The highest BCUT2D eigenvalue weighted by molar-refractivity contribution is 7.09. The normalized spacial score (nSPS) is 28.2. The zero-order valence-corrected chi connectivity index (χ0v) is 18.4. The number of allylic oxidation sites excluding steroid dienone is 2. The Labute approximate surface area is 189 Å². The first kappa shape index (κ1) is 20.8. The van der Waals surface area contributed by atoms with Gasteiger partial charge in [-0.25, -0.2) is 0 Å². The third kappa shape index (κ3) is 3.42. The summed E-state index contributed by atoms with van der Waals surface area (Å²) in [7, 11) is -1.16. The number of imide groups is 1. The van der Waals surface area contributed by atoms with Crippen LogP contribution in [-0.4, -0.2) is 34.0 Å². The molecule has 5 rings (SSSR count). The molecule has 2 fully saturated rings. The number of aromatic hydroxyl groups is 1. The number of halogens is 1. The van der Waals surface area contributed by atoms with Gasteiger partial charge in [0.2, 0.25) is 11.8 Å². The first-order valence-corrected chi connectivity index (χ1v) is 11.5. The molecule has 1 aliphatic carbocycles. The molecule has 2 aromatic rings. The summed E-state index contributed by atoms with van der Waals surface area (Å²) in [5.41, 5.74) is 2.27. The minimum absolute atomic E-state index is 0.0417. The second-order valence-corrected chi connectivity index (χ2v) is 9.88. The van der Waals surface area contributed by atoms with Crippen LogP contribution in [0.2, 0.25) is 5.02 Å². The molecule has 3 aliphatic rings. The van der Waals surface area contributed by atoms with Crippen molar-refractivity contribution < 1.29 is 24.4 Å². The van der Waals surface area contributed by atoms with Gasteiger partial charge in [0, 0.05) is 9.90 Å². The van der Waals surface area contributed by atoms with Crippen LogP contribution in [0.15, 0.2) is 46.8 Å². The van der Waals surface area contributed by atoms with Gasteiger partial charge in [0.1, 0.15) is 5.75 Å². The lowest BCUT2D eigenvalue weighted by molar-refractivity contribution is -0.140. The van der Waals surface area contributed by atoms with Gasteiger partial charge < -0.3 is 14.8 Å². The van der Waals surface area contributed by atoms with Gasteiger partial charge in [0.05, 0.1) is 24.5 Å². The Balaban J connectivity index is 1.48. The zero-order valence-electron chi connectivity index (χ0n) is 16.8. The summed E-state index contributed by atoms with van der Waals surface area (Å²) >= 11 is 7.84. The van der Waals surface area contributed by atoms with Crippen LogP contribution >= 0.6 is 22.9 Å². The molecule has 2 amide bonds. The number of hydrogen-bond acceptors (Lipinski definition) is 6. The van der Waals surface area contributed by atoms with Crippen molar-refractivity contribution in [1.82, 2.24) is 4.90 Å². The number of carbonyl (C=O) groups is 2. The highest BCUT2D eigenvalue weighted by Gasteiger charge is 2.57. The van der Waals surface area contributed by atoms with Gasteiger partial charge in [-0.1, -0.05) is 29.3 Å². The lowest BCUT2D eigenvalue weighted by atomic mass is 9.55. The molecule has 1 aromatic heterocycles. The number of hydrogen-bond donors (Lipinski definition) is 2. The molecule has 6 nitrogen and oxygen atoms in total. The van der Waals surface area contributed by atoms with Gasteiger partial charge in [-0.15, -0.1) is 11.3 Å². The van der Waals surface area contributed by atoms with Gasteiger partial charge in [-0.3, -0.25) is 14.5 Å². The van der Waals surface area contributed by atoms with Crippen LogP contribution in [0.5, 0.6) is 5.75 Å². The van der Waals surface area contributed by atoms with E-state index in [2.05, 4.69) is 0 Å². The van der Waals surface area contributed by atoms with E-state index < -0.39 is 25.1 Å². The average molecular weight is 458 g/mol. The molecule has 2 saturated heterocycles. The highest BCUT2D eigenvalue weighted by atomic mass is 35.5. The number of rotatable bonds is 3. The van der Waals surface area contributed by atoms with Crippen LogP contribution in [0.3, 0.4) is 0 Å². The molecule has 2 aliphatic heterocycles. The molecule has 3 heterocycles. The maximum absolute atomic E-state index is 13.4. The number of likely N-dealkylation sites (tertiary alicyclic amines) is 1. The Hall–Kier alpha value is -2.13. The van der Waals surface area contributed by atoms with Crippen LogP contribution in [0, 0.1) is 17.8 Å². The van der Waals surface area contributed by atoms with Crippen LogP contribution in [0.1, 0.15) is 36.3 Å². The van der Waals surface area contributed by atoms with E-state index in [9.17, 15) is 19.7 Å². The first-order valence-electron chi connectivity index (χ1n) is 10.2. The second-order valence-electron chi connectivity index (χ2n) is 8.44. The molecule has 2 N–H and O–H groups in total. The van der Waals surface area contributed by atoms with Crippen LogP contribution in [0.4, 0.5) is 0 Å². The molecular formula is C22H21BClNO5S. The lowest BCUT2D eigenvalue weighted by Crippen LogP contribution is -2.44. The summed E-state index contributed by atoms with van der Waals surface area (Å²) in [4.78, 5) is 28.9. The fraction of sp³-hybridized carbons (Fsp3) is 0.364. The number of phenols is 1. The molecular weight excluding hydrogens is 437 g/mol. The van der Waals surface area contributed by atoms with Crippen molar-refractivity contribution >= 4 is 41.9 Å². The number of fused-ring (bicyclic) bond motifs is 3. The van der Waals surface area contributed by atoms with E-state index in [0.29, 0.717) is 28.9 Å². The highest BCUT2D eigenvalue weighted by Crippen LogP contribution is 2.52. The third-order valence-corrected chi connectivity index (χ3v) is 7.86. The molecule has 9 heteroatoms. The molecule has 0 spiro atoms. The summed E-state index contributed by atoms with van der Waals surface area (Å²) in [5, 5.41) is 22.7. The summed E-state index contributed by atoms with van der Waals surface area (Å²) < 4.78 is 5.88. The molecule has 4 atom stereocenters. The predicted molar refractivity (Wildman–Crippen MR) is 117 cm³/mol. The summed E-state index contributed by atoms with van der Waals surface area (Å²) in [6.07, 6.45) is 0.339. The maximum atomic E-state index is 13.4. The largest absolute Gasteiger partial charge is 0.508 e. The van der Waals surface area contributed by atoms with Gasteiger partial charge in [0.15, 0.2) is 0 Å². The monoisotopic (exact) mass is 457 g/mol. The molecule has 0 unspecified atom stereocenters. The van der Waals surface area contributed by atoms with Crippen LogP contribution < -0.4 is 0 Å². The Bertz CT molecular complexity index is 1090. The van der Waals surface area contributed by atoms with E-state index in [0.717, 1.165) is 10.5 Å². The number of amides is 2. The van der Waals surface area contributed by atoms with E-state index in [1.807, 2.05) is 24.4 Å². The Morgan fingerprint density at radius 2 is 2.06 bits per heavy atom. The molecule has 0 saturated carbocycles. The van der Waals surface area contributed by atoms with Crippen molar-refractivity contribution in [2.75, 3.05) is 0 Å². The van der Waals surface area contributed by atoms with E-state index in [1.54, 1.807) is 6.07 Å². The van der Waals surface area contributed by atoms with E-state index in [1.165, 1.54) is 28.4 Å². The Kier molecular flexibility index (Phi) is 5.21. The molecule has 0 bridgehead atoms. The molecule has 160 valence electrons. The van der Waals surface area contributed by atoms with Crippen molar-refractivity contribution in [2.24, 2.45) is 17.8 Å². The second kappa shape index (κ2) is 7.78. The zero-order chi connectivity index (χ0) is 21.9. The van der Waals surface area contributed by atoms with E-state index in [-0.39, 0.29) is 30.0 Å². The summed E-state index contributed by atoms with van der Waals surface area (Å²) in [6.45, 7) is 2.19. The average Bonchev–Trinajstić information content (AvgIpc) is 3.31. The molecule has 1 aromatic carbocycles. The SMILES string of the molecule is CC1=C2B(O)O[C@H](c3ccc(O)cc3Cl)C[C@H]2[C@H]2C(=O)N(Cc3cccs3)C(=O)[C@H]2C1. The predicted octanol–water partition coefficient (Wildman–Crippen LogP) is 3.73. The van der Waals surface area contributed by atoms with Gasteiger partial charge in [-0.2, -0.15) is 0 Å². The standard InChI is InChI=1S/C22H21BClNO5S/c1-11-7-16-19(22(28)25(21(16)27)10-13-3-2-6-31-13)15-9-18(30-23(29)20(11)15)14-5-4-12(26)8-17(14)24/h2-6,8,15-16,18-19,26,29H,7,9-10H2,1H3/t15-,16-,18-,19+/m0/s1. The van der Waals surface area contributed by atoms with E-state index in [4.69, 9.17) is 16.3 Å². The smallest absolute Gasteiger partial charge is 0.487 e. The van der Waals surface area contributed by atoms with Crippen LogP contribution in [0.25, 0.3) is 0 Å². The van der Waals surface area contributed by atoms with E-state index >= 15 is 0 Å². The van der Waals surface area contributed by atoms with Crippen molar-refractivity contribution in [1.29, 1.82) is 0 Å². The van der Waals surface area contributed by atoms with Gasteiger partial charge in [-0.05, 0) is 60.3 Å². The number of benzene rings is 1. The lowest BCUT2D eigenvalue weighted by Gasteiger charge is -2.41. The molecule has 31 heavy (non-hydrogen) atoms. The Morgan fingerprint density at radius 3 is 2.77 bits per heavy atom. The third-order valence-electron chi connectivity index (χ3n) is 6.67. The molecule has 0 radical (unpaired) electrons. The van der Waals surface area contributed by atoms with Crippen molar-refractivity contribution in [3.8, 4) is 5.75 Å². The van der Waals surface area contributed by atoms with Crippen molar-refractivity contribution in [3.63, 3.8) is 0 Å². The quantitative estimate of drug-likeness (QED) is 0.542. The number of thiophene rings is 1. The minimum atomic E-state index is -1.16. The Morgan fingerprint density at radius 1 is 1.26 bits per heavy atom. The topological polar surface area (TPSA) is 87.1 Å².